The Morgan fingerprint density at radius 1 is 1.50 bits per heavy atom. The smallest absolute Gasteiger partial charge is 0.193 e. The van der Waals surface area contributed by atoms with Crippen LogP contribution in [0.25, 0.3) is 4.96 Å². The van der Waals surface area contributed by atoms with Gasteiger partial charge in [0.2, 0.25) is 0 Å². The van der Waals surface area contributed by atoms with Crippen molar-refractivity contribution in [3.63, 3.8) is 0 Å². The summed E-state index contributed by atoms with van der Waals surface area (Å²) in [6.45, 7) is 4.52. The number of hydrogen-bond donors (Lipinski definition) is 1. The maximum absolute atomic E-state index is 4.61. The second kappa shape index (κ2) is 4.97. The topological polar surface area (TPSA) is 29.3 Å². The number of fused-ring (bicyclic) bond motifs is 1. The summed E-state index contributed by atoms with van der Waals surface area (Å²) in [7, 11) is 2.02. The van der Waals surface area contributed by atoms with Gasteiger partial charge in [0, 0.05) is 23.8 Å². The van der Waals surface area contributed by atoms with Crippen molar-refractivity contribution < 1.29 is 0 Å². The van der Waals surface area contributed by atoms with Gasteiger partial charge >= 0.3 is 0 Å². The number of aromatic nitrogens is 2. The van der Waals surface area contributed by atoms with E-state index in [1.807, 2.05) is 7.05 Å². The number of imidazole rings is 1. The zero-order valence-corrected chi connectivity index (χ0v) is 10.9. The Morgan fingerprint density at radius 3 is 3.00 bits per heavy atom. The van der Waals surface area contributed by atoms with Crippen LogP contribution < -0.4 is 5.32 Å². The Kier molecular flexibility index (Phi) is 3.61. The van der Waals surface area contributed by atoms with Gasteiger partial charge in [-0.25, -0.2) is 4.98 Å². The van der Waals surface area contributed by atoms with Crippen molar-refractivity contribution in [1.82, 2.24) is 14.7 Å². The van der Waals surface area contributed by atoms with E-state index in [0.717, 1.165) is 11.4 Å². The monoisotopic (exact) mass is 237 g/mol. The number of rotatable bonds is 5. The molecule has 2 atom stereocenters. The van der Waals surface area contributed by atoms with Crippen LogP contribution in [-0.2, 0) is 6.42 Å². The Bertz CT molecular complexity index is 417. The molecule has 2 aromatic rings. The molecule has 0 amide bonds. The van der Waals surface area contributed by atoms with Crippen molar-refractivity contribution in [2.75, 3.05) is 7.05 Å². The predicted octanol–water partition coefficient (Wildman–Crippen LogP) is 2.57. The van der Waals surface area contributed by atoms with Gasteiger partial charge in [-0.1, -0.05) is 6.92 Å². The van der Waals surface area contributed by atoms with Crippen molar-refractivity contribution in [3.8, 4) is 0 Å². The summed E-state index contributed by atoms with van der Waals surface area (Å²) < 4.78 is 2.11. The first-order chi connectivity index (χ1) is 7.69. The van der Waals surface area contributed by atoms with Crippen LogP contribution in [0.3, 0.4) is 0 Å². The Labute approximate surface area is 101 Å². The lowest BCUT2D eigenvalue weighted by molar-refractivity contribution is 0.438. The molecule has 0 spiro atoms. The highest BCUT2D eigenvalue weighted by Gasteiger charge is 2.10. The van der Waals surface area contributed by atoms with Crippen LogP contribution in [0.1, 0.15) is 26.0 Å². The molecule has 2 rings (SSSR count). The summed E-state index contributed by atoms with van der Waals surface area (Å²) in [5.41, 5.74) is 1.21. The van der Waals surface area contributed by atoms with E-state index in [9.17, 15) is 0 Å². The highest BCUT2D eigenvalue weighted by atomic mass is 32.1. The van der Waals surface area contributed by atoms with E-state index in [1.54, 1.807) is 11.3 Å². The molecule has 0 fully saturated rings. The molecule has 88 valence electrons. The molecular weight excluding hydrogens is 218 g/mol. The Hall–Kier alpha value is -0.870. The molecule has 1 N–H and O–H groups in total. The summed E-state index contributed by atoms with van der Waals surface area (Å²) in [4.78, 5) is 5.71. The molecular formula is C12H19N3S. The molecule has 3 nitrogen and oxygen atoms in total. The quantitative estimate of drug-likeness (QED) is 0.866. The molecule has 2 heterocycles. The van der Waals surface area contributed by atoms with Crippen LogP contribution in [0.5, 0.6) is 0 Å². The molecule has 2 aromatic heterocycles. The van der Waals surface area contributed by atoms with Gasteiger partial charge in [0.25, 0.3) is 0 Å². The fraction of sp³-hybridized carbons (Fsp3) is 0.583. The minimum atomic E-state index is 0.582. The van der Waals surface area contributed by atoms with Crippen LogP contribution in [0.2, 0.25) is 0 Å². The van der Waals surface area contributed by atoms with E-state index in [2.05, 4.69) is 46.3 Å². The van der Waals surface area contributed by atoms with Crippen LogP contribution in [0.4, 0.5) is 0 Å². The van der Waals surface area contributed by atoms with E-state index in [-0.39, 0.29) is 0 Å². The Morgan fingerprint density at radius 2 is 2.31 bits per heavy atom. The molecule has 0 radical (unpaired) electrons. The summed E-state index contributed by atoms with van der Waals surface area (Å²) >= 11 is 1.69. The highest BCUT2D eigenvalue weighted by molar-refractivity contribution is 7.15. The van der Waals surface area contributed by atoms with Gasteiger partial charge in [-0.2, -0.15) is 0 Å². The molecule has 0 saturated heterocycles. The zero-order valence-electron chi connectivity index (χ0n) is 10.1. The summed E-state index contributed by atoms with van der Waals surface area (Å²) in [5, 5.41) is 5.35. The lowest BCUT2D eigenvalue weighted by Gasteiger charge is -2.15. The first-order valence-electron chi connectivity index (χ1n) is 5.77. The van der Waals surface area contributed by atoms with Crippen molar-refractivity contribution in [3.05, 3.63) is 23.5 Å². The van der Waals surface area contributed by atoms with Gasteiger partial charge in [-0.15, -0.1) is 11.3 Å². The van der Waals surface area contributed by atoms with E-state index in [4.69, 9.17) is 0 Å². The average molecular weight is 237 g/mol. The molecule has 2 unspecified atom stereocenters. The SMILES string of the molecule is CNC(C)CC(C)Cc1cn2ccsc2n1. The second-order valence-corrected chi connectivity index (χ2v) is 5.43. The molecule has 0 aliphatic carbocycles. The van der Waals surface area contributed by atoms with Gasteiger partial charge in [-0.3, -0.25) is 4.40 Å². The minimum Gasteiger partial charge on any atom is -0.317 e. The van der Waals surface area contributed by atoms with Crippen LogP contribution in [0.15, 0.2) is 17.8 Å². The zero-order chi connectivity index (χ0) is 11.5. The number of thiazole rings is 1. The van der Waals surface area contributed by atoms with Gasteiger partial charge in [0.15, 0.2) is 4.96 Å². The normalized spacial score (nSPS) is 15.4. The third-order valence-corrected chi connectivity index (χ3v) is 3.72. The summed E-state index contributed by atoms with van der Waals surface area (Å²) in [6, 6.07) is 0.582. The van der Waals surface area contributed by atoms with Crippen molar-refractivity contribution >= 4 is 16.3 Å². The third kappa shape index (κ3) is 2.62. The number of nitrogens with one attached hydrogen (secondary N) is 1. The van der Waals surface area contributed by atoms with Crippen LogP contribution >= 0.6 is 11.3 Å². The molecule has 0 saturated carbocycles. The fourth-order valence-corrected chi connectivity index (χ4v) is 2.76. The maximum Gasteiger partial charge on any atom is 0.193 e. The molecule has 0 bridgehead atoms. The lowest BCUT2D eigenvalue weighted by atomic mass is 9.98. The van der Waals surface area contributed by atoms with E-state index in [0.29, 0.717) is 12.0 Å². The maximum atomic E-state index is 4.61. The first kappa shape index (κ1) is 11.6. The van der Waals surface area contributed by atoms with Crippen LogP contribution in [0, 0.1) is 5.92 Å². The second-order valence-electron chi connectivity index (χ2n) is 4.56. The minimum absolute atomic E-state index is 0.582. The van der Waals surface area contributed by atoms with Crippen molar-refractivity contribution in [1.29, 1.82) is 0 Å². The van der Waals surface area contributed by atoms with Crippen LogP contribution in [-0.4, -0.2) is 22.5 Å². The predicted molar refractivity (Wildman–Crippen MR) is 69.1 cm³/mol. The number of nitrogens with zero attached hydrogens (tertiary/aromatic N) is 2. The first-order valence-corrected chi connectivity index (χ1v) is 6.65. The van der Waals surface area contributed by atoms with Gasteiger partial charge in [-0.05, 0) is 32.7 Å². The van der Waals surface area contributed by atoms with Gasteiger partial charge in [0.1, 0.15) is 0 Å². The van der Waals surface area contributed by atoms with Crippen molar-refractivity contribution in [2.24, 2.45) is 5.92 Å². The summed E-state index contributed by atoms with van der Waals surface area (Å²) in [6.07, 6.45) is 6.48. The fourth-order valence-electron chi connectivity index (χ4n) is 2.04. The average Bonchev–Trinajstić information content (AvgIpc) is 2.77. The largest absolute Gasteiger partial charge is 0.317 e. The standard InChI is InChI=1S/C12H19N3S/c1-9(6-10(2)13-3)7-11-8-15-4-5-16-12(15)14-11/h4-5,8-10,13H,6-7H2,1-3H3. The van der Waals surface area contributed by atoms with E-state index in [1.165, 1.54) is 12.1 Å². The van der Waals surface area contributed by atoms with E-state index < -0.39 is 0 Å². The van der Waals surface area contributed by atoms with Gasteiger partial charge in [0.05, 0.1) is 5.69 Å². The molecule has 0 aromatic carbocycles. The lowest BCUT2D eigenvalue weighted by Crippen LogP contribution is -2.24. The van der Waals surface area contributed by atoms with E-state index >= 15 is 0 Å². The highest BCUT2D eigenvalue weighted by Crippen LogP contribution is 2.16. The summed E-state index contributed by atoms with van der Waals surface area (Å²) in [5.74, 6) is 0.673. The molecule has 0 aliphatic heterocycles. The molecule has 16 heavy (non-hydrogen) atoms. The molecule has 4 heteroatoms. The number of hydrogen-bond acceptors (Lipinski definition) is 3. The van der Waals surface area contributed by atoms with Crippen molar-refractivity contribution in [2.45, 2.75) is 32.7 Å². The third-order valence-electron chi connectivity index (χ3n) is 2.95. The Balaban J connectivity index is 1.96. The molecule has 0 aliphatic rings. The van der Waals surface area contributed by atoms with Gasteiger partial charge < -0.3 is 5.32 Å².